The zero-order valence-electron chi connectivity index (χ0n) is 12.0. The van der Waals surface area contributed by atoms with Crippen LogP contribution in [0.15, 0.2) is 40.9 Å². The predicted molar refractivity (Wildman–Crippen MR) is 80.8 cm³/mol. The van der Waals surface area contributed by atoms with E-state index in [0.29, 0.717) is 18.0 Å². The highest BCUT2D eigenvalue weighted by Gasteiger charge is 2.21. The van der Waals surface area contributed by atoms with E-state index in [1.807, 2.05) is 30.3 Å². The fourth-order valence-corrected chi connectivity index (χ4v) is 2.80. The van der Waals surface area contributed by atoms with E-state index in [0.717, 1.165) is 5.56 Å². The van der Waals surface area contributed by atoms with Gasteiger partial charge in [-0.25, -0.2) is 0 Å². The number of carbonyl (C=O) groups excluding carboxylic acids is 1. The molecule has 1 amide bonds. The van der Waals surface area contributed by atoms with Crippen molar-refractivity contribution in [3.8, 4) is 0 Å². The number of hydrogen-bond donors (Lipinski definition) is 1. The molecule has 0 aliphatic rings. The van der Waals surface area contributed by atoms with Gasteiger partial charge in [-0.2, -0.15) is 0 Å². The molecule has 1 aromatic carbocycles. The van der Waals surface area contributed by atoms with Crippen LogP contribution in [0.5, 0.6) is 0 Å². The number of amides is 1. The molecule has 1 N–H and O–H groups in total. The third kappa shape index (κ3) is 4.53. The molecule has 2 atom stereocenters. The molecular weight excluding hydrogens is 288 g/mol. The molecule has 0 saturated carbocycles. The average Bonchev–Trinajstić information content (AvgIpc) is 2.90. The van der Waals surface area contributed by atoms with Gasteiger partial charge >= 0.3 is 0 Å². The second-order valence-corrected chi connectivity index (χ2v) is 6.56. The lowest BCUT2D eigenvalue weighted by Gasteiger charge is -2.11. The van der Waals surface area contributed by atoms with Crippen LogP contribution in [0.4, 0.5) is 0 Å². The first-order valence-corrected chi connectivity index (χ1v) is 8.05. The molecule has 0 aliphatic heterocycles. The van der Waals surface area contributed by atoms with E-state index in [2.05, 4.69) is 10.5 Å². The van der Waals surface area contributed by atoms with Crippen LogP contribution in [0.2, 0.25) is 0 Å². The fourth-order valence-electron chi connectivity index (χ4n) is 1.80. The van der Waals surface area contributed by atoms with Gasteiger partial charge in [0.2, 0.25) is 5.91 Å². The molecule has 1 aromatic heterocycles. The third-order valence-corrected chi connectivity index (χ3v) is 4.62. The van der Waals surface area contributed by atoms with Crippen molar-refractivity contribution in [1.29, 1.82) is 0 Å². The third-order valence-electron chi connectivity index (χ3n) is 3.04. The summed E-state index contributed by atoms with van der Waals surface area (Å²) in [7, 11) is -1.32. The topological polar surface area (TPSA) is 72.2 Å². The number of carbonyl (C=O) groups is 1. The highest BCUT2D eigenvalue weighted by atomic mass is 32.2. The molecule has 0 fully saturated rings. The maximum Gasteiger partial charge on any atom is 0.235 e. The summed E-state index contributed by atoms with van der Waals surface area (Å²) in [6, 6.07) is 11.3. The summed E-state index contributed by atoms with van der Waals surface area (Å²) in [5, 5.41) is 5.99. The minimum absolute atomic E-state index is 0.220. The number of nitrogens with zero attached hydrogens (tertiary/aromatic N) is 1. The Bertz CT molecular complexity index is 625. The molecule has 6 heteroatoms. The van der Waals surface area contributed by atoms with Crippen molar-refractivity contribution in [2.75, 3.05) is 0 Å². The van der Waals surface area contributed by atoms with Gasteiger partial charge in [-0.1, -0.05) is 35.5 Å². The van der Waals surface area contributed by atoms with Gasteiger partial charge in [0.05, 0.1) is 11.4 Å². The van der Waals surface area contributed by atoms with Gasteiger partial charge in [-0.05, 0) is 19.4 Å². The summed E-state index contributed by atoms with van der Waals surface area (Å²) >= 11 is 0. The molecule has 0 bridgehead atoms. The number of benzene rings is 1. The molecule has 0 saturated heterocycles. The lowest BCUT2D eigenvalue weighted by Crippen LogP contribution is -2.35. The second kappa shape index (κ2) is 7.17. The van der Waals surface area contributed by atoms with Gasteiger partial charge < -0.3 is 9.84 Å². The summed E-state index contributed by atoms with van der Waals surface area (Å²) in [6.07, 6.45) is 0. The number of hydrogen-bond acceptors (Lipinski definition) is 4. The van der Waals surface area contributed by atoms with Gasteiger partial charge in [0.1, 0.15) is 11.0 Å². The number of rotatable bonds is 6. The molecule has 2 rings (SSSR count). The number of aromatic nitrogens is 1. The van der Waals surface area contributed by atoms with E-state index >= 15 is 0 Å². The molecule has 0 spiro atoms. The first-order valence-electron chi connectivity index (χ1n) is 6.67. The van der Waals surface area contributed by atoms with Crippen molar-refractivity contribution in [1.82, 2.24) is 10.5 Å². The summed E-state index contributed by atoms with van der Waals surface area (Å²) in [5.41, 5.74) is 1.62. The van der Waals surface area contributed by atoms with E-state index in [-0.39, 0.29) is 11.7 Å². The summed E-state index contributed by atoms with van der Waals surface area (Å²) in [6.45, 7) is 3.86. The van der Waals surface area contributed by atoms with Gasteiger partial charge in [-0.3, -0.25) is 9.00 Å². The zero-order valence-corrected chi connectivity index (χ0v) is 12.9. The van der Waals surface area contributed by atoms with Gasteiger partial charge in [-0.15, -0.1) is 0 Å². The molecule has 112 valence electrons. The van der Waals surface area contributed by atoms with Crippen LogP contribution in [0, 0.1) is 6.92 Å². The molecular formula is C15H18N2O3S. The van der Waals surface area contributed by atoms with E-state index in [9.17, 15) is 9.00 Å². The Morgan fingerprint density at radius 2 is 2.10 bits per heavy atom. The minimum atomic E-state index is -1.32. The van der Waals surface area contributed by atoms with Crippen molar-refractivity contribution < 1.29 is 13.5 Å². The Hall–Kier alpha value is -1.95. The van der Waals surface area contributed by atoms with Crippen LogP contribution in [0.1, 0.15) is 23.9 Å². The molecule has 1 heterocycles. The predicted octanol–water partition coefficient (Wildman–Crippen LogP) is 1.94. The number of nitrogens with one attached hydrogen (secondary N) is 1. The molecule has 2 aromatic rings. The van der Waals surface area contributed by atoms with Crippen molar-refractivity contribution in [3.05, 3.63) is 53.4 Å². The number of aryl methyl sites for hydroxylation is 1. The van der Waals surface area contributed by atoms with Crippen LogP contribution in [-0.2, 0) is 27.9 Å². The Kier molecular flexibility index (Phi) is 5.27. The van der Waals surface area contributed by atoms with Crippen molar-refractivity contribution >= 4 is 16.7 Å². The van der Waals surface area contributed by atoms with Crippen molar-refractivity contribution in [3.63, 3.8) is 0 Å². The normalized spacial score (nSPS) is 13.6. The Labute approximate surface area is 126 Å². The van der Waals surface area contributed by atoms with Gasteiger partial charge in [0.25, 0.3) is 0 Å². The minimum Gasteiger partial charge on any atom is -0.361 e. The average molecular weight is 306 g/mol. The first kappa shape index (κ1) is 15.4. The summed E-state index contributed by atoms with van der Waals surface area (Å²) in [5.74, 6) is 0.664. The standard InChI is InChI=1S/C15H18N2O3S/c1-11-8-14(17-20-11)10-21(19)12(2)15(18)16-9-13-6-4-3-5-7-13/h3-8,12H,9-10H2,1-2H3,(H,16,18)/t12-,21+/m1/s1. The highest BCUT2D eigenvalue weighted by molar-refractivity contribution is 7.85. The second-order valence-electron chi connectivity index (χ2n) is 4.80. The van der Waals surface area contributed by atoms with E-state index in [4.69, 9.17) is 4.52 Å². The van der Waals surface area contributed by atoms with E-state index in [1.54, 1.807) is 19.9 Å². The first-order chi connectivity index (χ1) is 10.1. The molecule has 5 nitrogen and oxygen atoms in total. The SMILES string of the molecule is Cc1cc(C[S@](=O)[C@H](C)C(=O)NCc2ccccc2)no1. The zero-order chi connectivity index (χ0) is 15.2. The molecule has 0 aliphatic carbocycles. The fraction of sp³-hybridized carbons (Fsp3) is 0.333. The van der Waals surface area contributed by atoms with Crippen LogP contribution in [-0.4, -0.2) is 20.5 Å². The van der Waals surface area contributed by atoms with E-state index in [1.165, 1.54) is 0 Å². The Balaban J connectivity index is 1.85. The smallest absolute Gasteiger partial charge is 0.235 e. The van der Waals surface area contributed by atoms with Gasteiger partial charge in [0.15, 0.2) is 0 Å². The highest BCUT2D eigenvalue weighted by Crippen LogP contribution is 2.08. The van der Waals surface area contributed by atoms with Crippen molar-refractivity contribution in [2.24, 2.45) is 0 Å². The van der Waals surface area contributed by atoms with E-state index < -0.39 is 16.0 Å². The van der Waals surface area contributed by atoms with Crippen LogP contribution >= 0.6 is 0 Å². The largest absolute Gasteiger partial charge is 0.361 e. The lowest BCUT2D eigenvalue weighted by molar-refractivity contribution is -0.120. The monoisotopic (exact) mass is 306 g/mol. The van der Waals surface area contributed by atoms with Gasteiger partial charge in [0, 0.05) is 23.4 Å². The van der Waals surface area contributed by atoms with Crippen molar-refractivity contribution in [2.45, 2.75) is 31.4 Å². The lowest BCUT2D eigenvalue weighted by atomic mass is 10.2. The Morgan fingerprint density at radius 3 is 2.71 bits per heavy atom. The van der Waals surface area contributed by atoms with Crippen LogP contribution in [0.3, 0.4) is 0 Å². The van der Waals surface area contributed by atoms with Crippen LogP contribution < -0.4 is 5.32 Å². The molecule has 0 unspecified atom stereocenters. The maximum absolute atomic E-state index is 12.1. The maximum atomic E-state index is 12.1. The summed E-state index contributed by atoms with van der Waals surface area (Å²) < 4.78 is 17.1. The summed E-state index contributed by atoms with van der Waals surface area (Å²) in [4.78, 5) is 12.0. The van der Waals surface area contributed by atoms with Crippen LogP contribution in [0.25, 0.3) is 0 Å². The quantitative estimate of drug-likeness (QED) is 0.885. The Morgan fingerprint density at radius 1 is 1.38 bits per heavy atom. The molecule has 0 radical (unpaired) electrons. The molecule has 21 heavy (non-hydrogen) atoms.